The Balaban J connectivity index is 1.24. The van der Waals surface area contributed by atoms with E-state index in [2.05, 4.69) is 15.3 Å². The van der Waals surface area contributed by atoms with Gasteiger partial charge in [-0.1, -0.05) is 42.0 Å². The fraction of sp³-hybridized carbons (Fsp3) is 0.280. The zero-order valence-corrected chi connectivity index (χ0v) is 19.5. The summed E-state index contributed by atoms with van der Waals surface area (Å²) in [6, 6.07) is 15.2. The Hall–Kier alpha value is -4.34. The number of nitrogens with zero attached hydrogens (tertiary/aromatic N) is 6. The molecule has 5 rings (SSSR count). The van der Waals surface area contributed by atoms with E-state index in [-0.39, 0.29) is 30.9 Å². The SMILES string of the molecule is Cc1ccc2c(c1)c(=O)n(C)c1nnc(COC(=O)CCC(=O)N3CCC(c4ccccc4)=N3)n21. The van der Waals surface area contributed by atoms with Crippen LogP contribution in [0.3, 0.4) is 0 Å². The summed E-state index contributed by atoms with van der Waals surface area (Å²) >= 11 is 0. The summed E-state index contributed by atoms with van der Waals surface area (Å²) < 4.78 is 8.51. The smallest absolute Gasteiger partial charge is 0.306 e. The van der Waals surface area contributed by atoms with Crippen LogP contribution in [-0.4, -0.2) is 48.3 Å². The van der Waals surface area contributed by atoms with Gasteiger partial charge in [0, 0.05) is 19.9 Å². The summed E-state index contributed by atoms with van der Waals surface area (Å²) in [4.78, 5) is 37.6. The maximum absolute atomic E-state index is 12.7. The molecule has 0 N–H and O–H groups in total. The van der Waals surface area contributed by atoms with E-state index in [4.69, 9.17) is 4.74 Å². The number of hydrogen-bond donors (Lipinski definition) is 0. The number of esters is 1. The van der Waals surface area contributed by atoms with Crippen LogP contribution in [0.2, 0.25) is 0 Å². The Morgan fingerprint density at radius 2 is 1.86 bits per heavy atom. The first-order chi connectivity index (χ1) is 16.9. The molecule has 10 heteroatoms. The highest BCUT2D eigenvalue weighted by atomic mass is 16.5. The maximum Gasteiger partial charge on any atom is 0.306 e. The van der Waals surface area contributed by atoms with Crippen molar-refractivity contribution in [1.29, 1.82) is 0 Å². The second-order valence-electron chi connectivity index (χ2n) is 8.48. The molecule has 0 bridgehead atoms. The number of aromatic nitrogens is 4. The summed E-state index contributed by atoms with van der Waals surface area (Å²) in [7, 11) is 1.62. The van der Waals surface area contributed by atoms with E-state index in [0.29, 0.717) is 35.5 Å². The van der Waals surface area contributed by atoms with Crippen molar-refractivity contribution in [3.05, 3.63) is 75.8 Å². The molecule has 10 nitrogen and oxygen atoms in total. The molecule has 35 heavy (non-hydrogen) atoms. The number of carbonyl (C=O) groups is 2. The van der Waals surface area contributed by atoms with Gasteiger partial charge in [0.15, 0.2) is 12.4 Å². The van der Waals surface area contributed by atoms with Crippen LogP contribution in [0.25, 0.3) is 16.7 Å². The zero-order chi connectivity index (χ0) is 24.5. The molecule has 0 saturated heterocycles. The van der Waals surface area contributed by atoms with E-state index in [0.717, 1.165) is 16.8 Å². The van der Waals surface area contributed by atoms with Gasteiger partial charge >= 0.3 is 5.97 Å². The van der Waals surface area contributed by atoms with Crippen molar-refractivity contribution >= 4 is 34.3 Å². The van der Waals surface area contributed by atoms with Gasteiger partial charge in [-0.25, -0.2) is 5.01 Å². The van der Waals surface area contributed by atoms with E-state index in [1.54, 1.807) is 11.4 Å². The fourth-order valence-corrected chi connectivity index (χ4v) is 4.18. The topological polar surface area (TPSA) is 111 Å². The van der Waals surface area contributed by atoms with Crippen molar-refractivity contribution in [2.45, 2.75) is 32.8 Å². The number of hydrogen-bond acceptors (Lipinski definition) is 7. The van der Waals surface area contributed by atoms with Crippen LogP contribution in [0.1, 0.15) is 36.2 Å². The van der Waals surface area contributed by atoms with E-state index in [1.807, 2.05) is 55.5 Å². The van der Waals surface area contributed by atoms with Crippen LogP contribution in [0.4, 0.5) is 0 Å². The molecule has 2 aromatic carbocycles. The first kappa shape index (κ1) is 22.5. The number of aryl methyl sites for hydroxylation is 2. The van der Waals surface area contributed by atoms with E-state index in [9.17, 15) is 14.4 Å². The van der Waals surface area contributed by atoms with Crippen LogP contribution in [0.5, 0.6) is 0 Å². The van der Waals surface area contributed by atoms with Gasteiger partial charge < -0.3 is 4.74 Å². The van der Waals surface area contributed by atoms with Gasteiger partial charge in [-0.3, -0.25) is 23.4 Å². The standard InChI is InChI=1S/C25H24N6O4/c1-16-8-9-20-18(14-16)24(34)29(2)25-27-26-21(31(20)25)15-35-23(33)11-10-22(32)30-13-12-19(28-30)17-6-4-3-5-7-17/h3-9,14H,10-13,15H2,1-2H3. The first-order valence-electron chi connectivity index (χ1n) is 11.3. The Morgan fingerprint density at radius 3 is 2.66 bits per heavy atom. The van der Waals surface area contributed by atoms with Crippen LogP contribution < -0.4 is 5.56 Å². The minimum atomic E-state index is -0.522. The lowest BCUT2D eigenvalue weighted by molar-refractivity contribution is -0.147. The average molecular weight is 473 g/mol. The van der Waals surface area contributed by atoms with E-state index in [1.165, 1.54) is 9.58 Å². The molecule has 3 heterocycles. The number of carbonyl (C=O) groups excluding carboxylic acids is 2. The van der Waals surface area contributed by atoms with Crippen molar-refractivity contribution in [2.75, 3.05) is 6.54 Å². The van der Waals surface area contributed by atoms with Gasteiger partial charge in [-0.15, -0.1) is 10.2 Å². The van der Waals surface area contributed by atoms with Crippen molar-refractivity contribution in [3.8, 4) is 0 Å². The van der Waals surface area contributed by atoms with E-state index < -0.39 is 5.97 Å². The molecule has 4 aromatic rings. The monoisotopic (exact) mass is 472 g/mol. The lowest BCUT2D eigenvalue weighted by Gasteiger charge is -2.11. The van der Waals surface area contributed by atoms with Crippen molar-refractivity contribution < 1.29 is 14.3 Å². The van der Waals surface area contributed by atoms with Gasteiger partial charge in [0.25, 0.3) is 5.56 Å². The van der Waals surface area contributed by atoms with Crippen LogP contribution >= 0.6 is 0 Å². The highest BCUT2D eigenvalue weighted by Crippen LogP contribution is 2.17. The van der Waals surface area contributed by atoms with Crippen LogP contribution in [0, 0.1) is 6.92 Å². The normalized spacial score (nSPS) is 13.4. The Morgan fingerprint density at radius 1 is 1.06 bits per heavy atom. The number of rotatable bonds is 6. The number of amides is 1. The summed E-state index contributed by atoms with van der Waals surface area (Å²) in [5, 5.41) is 14.6. The molecule has 0 saturated carbocycles. The largest absolute Gasteiger partial charge is 0.457 e. The molecular formula is C25H24N6O4. The molecule has 0 fully saturated rings. The zero-order valence-electron chi connectivity index (χ0n) is 19.5. The first-order valence-corrected chi connectivity index (χ1v) is 11.3. The number of ether oxygens (including phenoxy) is 1. The Labute approximate surface area is 200 Å². The second-order valence-corrected chi connectivity index (χ2v) is 8.48. The number of fused-ring (bicyclic) bond motifs is 3. The Kier molecular flexibility index (Phi) is 5.86. The molecule has 1 aliphatic heterocycles. The highest BCUT2D eigenvalue weighted by molar-refractivity contribution is 6.02. The molecule has 0 unspecified atom stereocenters. The van der Waals surface area contributed by atoms with E-state index >= 15 is 0 Å². The minimum absolute atomic E-state index is 0.00168. The lowest BCUT2D eigenvalue weighted by Crippen LogP contribution is -2.24. The van der Waals surface area contributed by atoms with Gasteiger partial charge in [0.2, 0.25) is 11.7 Å². The molecular weight excluding hydrogens is 448 g/mol. The molecule has 0 atom stereocenters. The fourth-order valence-electron chi connectivity index (χ4n) is 4.18. The highest BCUT2D eigenvalue weighted by Gasteiger charge is 2.22. The third-order valence-electron chi connectivity index (χ3n) is 6.04. The molecule has 1 aliphatic rings. The molecule has 0 radical (unpaired) electrons. The van der Waals surface area contributed by atoms with Gasteiger partial charge in [-0.2, -0.15) is 5.10 Å². The predicted octanol–water partition coefficient (Wildman–Crippen LogP) is 2.35. The number of benzene rings is 2. The molecule has 0 spiro atoms. The van der Waals surface area contributed by atoms with Crippen molar-refractivity contribution in [1.82, 2.24) is 24.2 Å². The predicted molar refractivity (Wildman–Crippen MR) is 129 cm³/mol. The third kappa shape index (κ3) is 4.30. The summed E-state index contributed by atoms with van der Waals surface area (Å²) in [5.74, 6) is -0.00169. The second kappa shape index (κ2) is 9.13. The van der Waals surface area contributed by atoms with Crippen molar-refractivity contribution in [3.63, 3.8) is 0 Å². The minimum Gasteiger partial charge on any atom is -0.457 e. The third-order valence-corrected chi connectivity index (χ3v) is 6.04. The Bertz CT molecular complexity index is 1540. The number of hydrazone groups is 1. The summed E-state index contributed by atoms with van der Waals surface area (Å²) in [5.41, 5.74) is 3.27. The molecule has 0 aliphatic carbocycles. The quantitative estimate of drug-likeness (QED) is 0.398. The van der Waals surface area contributed by atoms with Gasteiger partial charge in [0.05, 0.1) is 29.6 Å². The van der Waals surface area contributed by atoms with Gasteiger partial charge in [0.1, 0.15) is 0 Å². The van der Waals surface area contributed by atoms with Crippen LogP contribution in [-0.2, 0) is 28.0 Å². The van der Waals surface area contributed by atoms with Gasteiger partial charge in [-0.05, 0) is 24.6 Å². The molecule has 2 aromatic heterocycles. The lowest BCUT2D eigenvalue weighted by atomic mass is 10.1. The maximum atomic E-state index is 12.7. The van der Waals surface area contributed by atoms with Crippen molar-refractivity contribution in [2.24, 2.45) is 12.1 Å². The molecule has 178 valence electrons. The summed E-state index contributed by atoms with van der Waals surface area (Å²) in [6.07, 6.45) is 0.610. The summed E-state index contributed by atoms with van der Waals surface area (Å²) in [6.45, 7) is 2.28. The average Bonchev–Trinajstić information content (AvgIpc) is 3.53. The molecule has 1 amide bonds. The van der Waals surface area contributed by atoms with Crippen LogP contribution in [0.15, 0.2) is 58.4 Å².